The molecule has 0 aliphatic rings. The van der Waals surface area contributed by atoms with Crippen LogP contribution in [-0.2, 0) is 0 Å². The van der Waals surface area contributed by atoms with Crippen molar-refractivity contribution in [2.24, 2.45) is 0 Å². The Morgan fingerprint density at radius 1 is 1.25 bits per heavy atom. The Kier molecular flexibility index (Phi) is 5.16. The van der Waals surface area contributed by atoms with Gasteiger partial charge in [0, 0.05) is 6.42 Å². The summed E-state index contributed by atoms with van der Waals surface area (Å²) in [4.78, 5) is 0. The molecule has 0 bridgehead atoms. The number of terminal acetylenes is 1. The summed E-state index contributed by atoms with van der Waals surface area (Å²) in [7, 11) is 0. The van der Waals surface area contributed by atoms with Crippen LogP contribution in [0.25, 0.3) is 0 Å². The highest BCUT2D eigenvalue weighted by Crippen LogP contribution is 2.16. The van der Waals surface area contributed by atoms with E-state index in [1.807, 2.05) is 12.2 Å². The fourth-order valence-electron chi connectivity index (χ4n) is 1.43. The first-order valence-electron chi connectivity index (χ1n) is 5.57. The largest absolute Gasteiger partial charge is 0.120 e. The number of allylic oxidation sites excluding steroid dienone is 4. The van der Waals surface area contributed by atoms with E-state index in [0.29, 0.717) is 12.3 Å². The van der Waals surface area contributed by atoms with Crippen molar-refractivity contribution in [2.75, 3.05) is 0 Å². The summed E-state index contributed by atoms with van der Waals surface area (Å²) in [6.45, 7) is 4.29. The second-order valence-electron chi connectivity index (χ2n) is 3.92. The van der Waals surface area contributed by atoms with Gasteiger partial charge in [-0.3, -0.25) is 0 Å². The van der Waals surface area contributed by atoms with E-state index in [-0.39, 0.29) is 0 Å². The van der Waals surface area contributed by atoms with Gasteiger partial charge in [-0.05, 0) is 18.4 Å². The van der Waals surface area contributed by atoms with Gasteiger partial charge in [0.25, 0.3) is 0 Å². The molecule has 0 aliphatic carbocycles. The molecule has 1 atom stereocenters. The van der Waals surface area contributed by atoms with Crippen LogP contribution in [0.2, 0.25) is 0 Å². The van der Waals surface area contributed by atoms with E-state index in [0.717, 1.165) is 0 Å². The molecule has 1 rings (SSSR count). The lowest BCUT2D eigenvalue weighted by Gasteiger charge is -2.06. The molecule has 0 radical (unpaired) electrons. The summed E-state index contributed by atoms with van der Waals surface area (Å²) in [5, 5.41) is 0. The highest BCUT2D eigenvalue weighted by molar-refractivity contribution is 5.27. The van der Waals surface area contributed by atoms with Crippen molar-refractivity contribution in [2.45, 2.75) is 26.2 Å². The number of hydrogen-bond acceptors (Lipinski definition) is 0. The Bertz CT molecular complexity index is 399. The minimum Gasteiger partial charge on any atom is -0.120 e. The molecule has 0 saturated carbocycles. The number of aryl methyl sites for hydroxylation is 1. The van der Waals surface area contributed by atoms with Gasteiger partial charge in [0.15, 0.2) is 0 Å². The standard InChI is InChI=1S/C16H18/c1-4-5-6-7-8-9-15(3)16-12-10-14(2)11-13-16/h1,6-13,15H,5H2,2-3H3/b7-6-,9-8-. The van der Waals surface area contributed by atoms with E-state index in [1.54, 1.807) is 0 Å². The molecule has 1 aromatic carbocycles. The van der Waals surface area contributed by atoms with Crippen LogP contribution in [0.1, 0.15) is 30.4 Å². The van der Waals surface area contributed by atoms with Crippen molar-refractivity contribution in [3.05, 3.63) is 59.7 Å². The zero-order chi connectivity index (χ0) is 11.8. The predicted octanol–water partition coefficient (Wildman–Crippen LogP) is 4.23. The molecular weight excluding hydrogens is 192 g/mol. The molecule has 16 heavy (non-hydrogen) atoms. The summed E-state index contributed by atoms with van der Waals surface area (Å²) in [6, 6.07) is 8.65. The van der Waals surface area contributed by atoms with Crippen LogP contribution in [-0.4, -0.2) is 0 Å². The normalized spacial score (nSPS) is 13.1. The maximum absolute atomic E-state index is 5.15. The van der Waals surface area contributed by atoms with E-state index >= 15 is 0 Å². The minimum atomic E-state index is 0.441. The van der Waals surface area contributed by atoms with Crippen molar-refractivity contribution >= 4 is 0 Å². The first-order valence-corrected chi connectivity index (χ1v) is 5.57. The molecule has 0 amide bonds. The van der Waals surface area contributed by atoms with Crippen LogP contribution in [0.15, 0.2) is 48.6 Å². The maximum atomic E-state index is 5.15. The summed E-state index contributed by atoms with van der Waals surface area (Å²) in [6.07, 6.45) is 14.1. The maximum Gasteiger partial charge on any atom is 0.0270 e. The summed E-state index contributed by atoms with van der Waals surface area (Å²) in [5.41, 5.74) is 2.64. The third kappa shape index (κ3) is 4.19. The molecule has 0 saturated heterocycles. The highest BCUT2D eigenvalue weighted by Gasteiger charge is 1.98. The monoisotopic (exact) mass is 210 g/mol. The van der Waals surface area contributed by atoms with Gasteiger partial charge in [0.1, 0.15) is 0 Å². The molecule has 0 N–H and O–H groups in total. The van der Waals surface area contributed by atoms with E-state index in [9.17, 15) is 0 Å². The van der Waals surface area contributed by atoms with Gasteiger partial charge in [-0.25, -0.2) is 0 Å². The molecule has 0 aliphatic heterocycles. The SMILES string of the molecule is C#CC/C=C\C=C/C(C)c1ccc(C)cc1. The Morgan fingerprint density at radius 2 is 1.94 bits per heavy atom. The van der Waals surface area contributed by atoms with Crippen molar-refractivity contribution in [3.63, 3.8) is 0 Å². The van der Waals surface area contributed by atoms with Crippen LogP contribution in [0.5, 0.6) is 0 Å². The van der Waals surface area contributed by atoms with Crippen molar-refractivity contribution < 1.29 is 0 Å². The molecular formula is C16H18. The Hall–Kier alpha value is -1.74. The van der Waals surface area contributed by atoms with Gasteiger partial charge in [-0.2, -0.15) is 0 Å². The first-order chi connectivity index (χ1) is 7.74. The van der Waals surface area contributed by atoms with Gasteiger partial charge in [-0.15, -0.1) is 12.3 Å². The predicted molar refractivity (Wildman–Crippen MR) is 71.3 cm³/mol. The zero-order valence-corrected chi connectivity index (χ0v) is 9.98. The van der Waals surface area contributed by atoms with Crippen LogP contribution in [0.4, 0.5) is 0 Å². The third-order valence-electron chi connectivity index (χ3n) is 2.49. The lowest BCUT2D eigenvalue weighted by molar-refractivity contribution is 0.966. The minimum absolute atomic E-state index is 0.441. The van der Waals surface area contributed by atoms with E-state index < -0.39 is 0 Å². The molecule has 0 fully saturated rings. The lowest BCUT2D eigenvalue weighted by atomic mass is 9.99. The van der Waals surface area contributed by atoms with Crippen molar-refractivity contribution in [3.8, 4) is 12.3 Å². The zero-order valence-electron chi connectivity index (χ0n) is 9.98. The van der Waals surface area contributed by atoms with Crippen LogP contribution < -0.4 is 0 Å². The summed E-state index contributed by atoms with van der Waals surface area (Å²) in [5.74, 6) is 3.01. The fraction of sp³-hybridized carbons (Fsp3) is 0.250. The van der Waals surface area contributed by atoms with Gasteiger partial charge in [-0.1, -0.05) is 61.1 Å². The number of rotatable bonds is 4. The Morgan fingerprint density at radius 3 is 2.56 bits per heavy atom. The molecule has 0 nitrogen and oxygen atoms in total. The van der Waals surface area contributed by atoms with E-state index in [1.165, 1.54) is 11.1 Å². The first kappa shape index (κ1) is 12.3. The molecule has 1 aromatic rings. The Labute approximate surface area is 98.7 Å². The fourth-order valence-corrected chi connectivity index (χ4v) is 1.43. The number of hydrogen-bond donors (Lipinski definition) is 0. The van der Waals surface area contributed by atoms with Gasteiger partial charge >= 0.3 is 0 Å². The topological polar surface area (TPSA) is 0 Å². The molecule has 0 aromatic heterocycles. The average Bonchev–Trinajstić information content (AvgIpc) is 2.29. The average molecular weight is 210 g/mol. The van der Waals surface area contributed by atoms with Crippen molar-refractivity contribution in [1.82, 2.24) is 0 Å². The van der Waals surface area contributed by atoms with E-state index in [2.05, 4.69) is 56.2 Å². The summed E-state index contributed by atoms with van der Waals surface area (Å²) < 4.78 is 0. The van der Waals surface area contributed by atoms with Crippen LogP contribution >= 0.6 is 0 Å². The Balaban J connectivity index is 2.55. The molecule has 0 spiro atoms. The smallest absolute Gasteiger partial charge is 0.0270 e. The second kappa shape index (κ2) is 6.69. The molecule has 0 heteroatoms. The van der Waals surface area contributed by atoms with E-state index in [4.69, 9.17) is 6.42 Å². The van der Waals surface area contributed by atoms with Gasteiger partial charge < -0.3 is 0 Å². The quantitative estimate of drug-likeness (QED) is 0.515. The second-order valence-corrected chi connectivity index (χ2v) is 3.92. The van der Waals surface area contributed by atoms with Crippen LogP contribution in [0.3, 0.4) is 0 Å². The van der Waals surface area contributed by atoms with Crippen LogP contribution in [0, 0.1) is 19.3 Å². The summed E-state index contributed by atoms with van der Waals surface area (Å²) >= 11 is 0. The molecule has 1 unspecified atom stereocenters. The van der Waals surface area contributed by atoms with Crippen molar-refractivity contribution in [1.29, 1.82) is 0 Å². The lowest BCUT2D eigenvalue weighted by Crippen LogP contribution is -1.88. The molecule has 0 heterocycles. The van der Waals surface area contributed by atoms with Gasteiger partial charge in [0.2, 0.25) is 0 Å². The third-order valence-corrected chi connectivity index (χ3v) is 2.49. The van der Waals surface area contributed by atoms with Gasteiger partial charge in [0.05, 0.1) is 0 Å². The highest BCUT2D eigenvalue weighted by atomic mass is 14.0. The molecule has 82 valence electrons. The number of benzene rings is 1.